The van der Waals surface area contributed by atoms with Gasteiger partial charge in [-0.15, -0.1) is 22.7 Å². The second-order valence-electron chi connectivity index (χ2n) is 32.4. The van der Waals surface area contributed by atoms with Crippen LogP contribution in [0.15, 0.2) is 394 Å². The molecule has 121 heavy (non-hydrogen) atoms. The predicted molar refractivity (Wildman–Crippen MR) is 505 cm³/mol. The van der Waals surface area contributed by atoms with Crippen LogP contribution in [0.5, 0.6) is 0 Å². The maximum Gasteiger partial charge on any atom is 0.165 e. The summed E-state index contributed by atoms with van der Waals surface area (Å²) in [7, 11) is 0. The zero-order chi connectivity index (χ0) is 80.4. The third-order valence-electron chi connectivity index (χ3n) is 25.1. The molecule has 0 radical (unpaired) electrons. The molecule has 4 aromatic heterocycles. The van der Waals surface area contributed by atoms with Gasteiger partial charge in [0, 0.05) is 84.6 Å². The Kier molecular flexibility index (Phi) is 17.0. The van der Waals surface area contributed by atoms with Crippen molar-refractivity contribution in [2.24, 2.45) is 0 Å². The number of hydrogen-bond acceptors (Lipinski definition) is 8. The summed E-state index contributed by atoms with van der Waals surface area (Å²) in [6.45, 7) is 7.07. The van der Waals surface area contributed by atoms with Crippen LogP contribution in [0.2, 0.25) is 0 Å². The van der Waals surface area contributed by atoms with Crippen molar-refractivity contribution >= 4 is 63.0 Å². The molecule has 17 aromatic carbocycles. The summed E-state index contributed by atoms with van der Waals surface area (Å²) < 4.78 is 4.57. The summed E-state index contributed by atoms with van der Waals surface area (Å²) in [6, 6.07) is 143. The molecule has 0 bridgehead atoms. The molecule has 0 aliphatic heterocycles. The summed E-state index contributed by atoms with van der Waals surface area (Å²) in [5, 5.41) is 4.65. The lowest BCUT2D eigenvalue weighted by Gasteiger charge is -2.28. The molecule has 1 unspecified atom stereocenters. The van der Waals surface area contributed by atoms with Gasteiger partial charge in [-0.3, -0.25) is 0 Å². The van der Waals surface area contributed by atoms with Crippen molar-refractivity contribution in [3.8, 4) is 168 Å². The molecule has 0 fully saturated rings. The van der Waals surface area contributed by atoms with E-state index in [1.807, 2.05) is 0 Å². The number of aromatic nitrogens is 6. The molecule has 21 aromatic rings. The van der Waals surface area contributed by atoms with E-state index in [9.17, 15) is 0 Å². The minimum atomic E-state index is -0.319. The molecule has 568 valence electrons. The van der Waals surface area contributed by atoms with E-state index in [0.29, 0.717) is 34.9 Å². The van der Waals surface area contributed by atoms with Gasteiger partial charge in [-0.1, -0.05) is 335 Å². The Balaban J connectivity index is 0.651. The highest BCUT2D eigenvalue weighted by molar-refractivity contribution is 7.26. The Bertz CT molecular complexity index is 7770. The van der Waals surface area contributed by atoms with Gasteiger partial charge in [0.1, 0.15) is 0 Å². The lowest BCUT2D eigenvalue weighted by Crippen LogP contribution is -2.22. The molecule has 23 rings (SSSR count). The molecular weight excluding hydrogens is 1510 g/mol. The summed E-state index contributed by atoms with van der Waals surface area (Å²) in [4.78, 5) is 33.5. The fourth-order valence-corrected chi connectivity index (χ4v) is 21.5. The van der Waals surface area contributed by atoms with Crippen molar-refractivity contribution in [3.05, 3.63) is 422 Å². The van der Waals surface area contributed by atoms with Crippen molar-refractivity contribution in [1.82, 2.24) is 29.9 Å². The molecule has 0 amide bonds. The molecule has 4 heterocycles. The lowest BCUT2D eigenvalue weighted by atomic mass is 9.74. The van der Waals surface area contributed by atoms with E-state index in [4.69, 9.17) is 29.9 Å². The predicted octanol–water partition coefficient (Wildman–Crippen LogP) is 30.1. The minimum Gasteiger partial charge on any atom is -0.208 e. The highest BCUT2D eigenvalue weighted by Gasteiger charge is 2.41. The molecule has 1 atom stereocenters. The Morgan fingerprint density at radius 3 is 1.14 bits per heavy atom. The smallest absolute Gasteiger partial charge is 0.165 e. The Hall–Kier alpha value is -14.8. The van der Waals surface area contributed by atoms with E-state index < -0.39 is 0 Å². The standard InChI is InChI=1S/C113H74N6S2/c1-112(2)97-50-19-15-43-85(97)87-57-54-77(67-99(87)112)73-34-23-32-71(62-73)75-36-25-38-80(64-75)106-114-108(91-46-14-13-42-83(91)69-28-7-4-8-29-69)118-111(117-106)95-61-60-84(103-93-47-18-22-53-102(93)121-105(95)103)79-56-59-92(96(66-79)70-30-9-5-10-31-70)109-115-107(116-110(119-109)94-49-27-48-90-89-45-17-21-52-101(89)120-104(90)94)81-39-26-37-76(65-81)72-33-24-35-74(63-72)78-55-58-88-86-44-16-20-51-98(86)113(3,100(88)68-78)82-40-11-6-12-41-82/h4-68H,1-3H3. The van der Waals surface area contributed by atoms with Gasteiger partial charge < -0.3 is 0 Å². The van der Waals surface area contributed by atoms with Gasteiger partial charge in [0.05, 0.1) is 0 Å². The first-order chi connectivity index (χ1) is 59.6. The van der Waals surface area contributed by atoms with Crippen LogP contribution in [0.3, 0.4) is 0 Å². The molecule has 6 nitrogen and oxygen atoms in total. The molecular formula is C113H74N6S2. The summed E-state index contributed by atoms with van der Waals surface area (Å²) in [5.41, 5.74) is 32.1. The van der Waals surface area contributed by atoms with E-state index in [1.54, 1.807) is 22.7 Å². The summed E-state index contributed by atoms with van der Waals surface area (Å²) in [6.07, 6.45) is 0. The van der Waals surface area contributed by atoms with Crippen molar-refractivity contribution in [1.29, 1.82) is 0 Å². The second-order valence-corrected chi connectivity index (χ2v) is 34.5. The molecule has 0 saturated carbocycles. The summed E-state index contributed by atoms with van der Waals surface area (Å²) >= 11 is 3.55. The van der Waals surface area contributed by atoms with Gasteiger partial charge in [-0.05, 0) is 208 Å². The van der Waals surface area contributed by atoms with E-state index in [1.165, 1.54) is 76.7 Å². The average molecular weight is 1580 g/mol. The fourth-order valence-electron chi connectivity index (χ4n) is 19.0. The van der Waals surface area contributed by atoms with Crippen molar-refractivity contribution in [3.63, 3.8) is 0 Å². The van der Waals surface area contributed by atoms with Gasteiger partial charge in [-0.25, -0.2) is 29.9 Å². The van der Waals surface area contributed by atoms with Crippen LogP contribution in [-0.2, 0) is 10.8 Å². The quantitative estimate of drug-likeness (QED) is 0.108. The van der Waals surface area contributed by atoms with Crippen LogP contribution in [0, 0.1) is 0 Å². The maximum absolute atomic E-state index is 5.63. The monoisotopic (exact) mass is 1580 g/mol. The average Bonchev–Trinajstić information content (AvgIpc) is 1.57. The van der Waals surface area contributed by atoms with Gasteiger partial charge in [0.2, 0.25) is 0 Å². The lowest BCUT2D eigenvalue weighted by molar-refractivity contribution is 0.660. The zero-order valence-corrected chi connectivity index (χ0v) is 68.2. The molecule has 0 spiro atoms. The maximum atomic E-state index is 5.63. The van der Waals surface area contributed by atoms with Crippen LogP contribution in [-0.4, -0.2) is 29.9 Å². The third-order valence-corrected chi connectivity index (χ3v) is 27.6. The fraction of sp³-hybridized carbons (Fsp3) is 0.0442. The number of hydrogen-bond donors (Lipinski definition) is 0. The largest absolute Gasteiger partial charge is 0.208 e. The van der Waals surface area contributed by atoms with Crippen LogP contribution < -0.4 is 0 Å². The molecule has 2 aliphatic carbocycles. The Morgan fingerprint density at radius 2 is 0.537 bits per heavy atom. The van der Waals surface area contributed by atoms with Gasteiger partial charge >= 0.3 is 0 Å². The molecule has 2 aliphatic rings. The second kappa shape index (κ2) is 28.8. The van der Waals surface area contributed by atoms with Crippen molar-refractivity contribution in [2.45, 2.75) is 31.6 Å². The van der Waals surface area contributed by atoms with Crippen LogP contribution in [0.1, 0.15) is 48.6 Å². The first kappa shape index (κ1) is 71.5. The first-order valence-electron chi connectivity index (χ1n) is 41.3. The van der Waals surface area contributed by atoms with Gasteiger partial charge in [-0.2, -0.15) is 0 Å². The van der Waals surface area contributed by atoms with Crippen molar-refractivity contribution < 1.29 is 0 Å². The van der Waals surface area contributed by atoms with Crippen LogP contribution in [0.4, 0.5) is 0 Å². The van der Waals surface area contributed by atoms with Crippen LogP contribution in [0.25, 0.3) is 209 Å². The number of benzene rings is 17. The number of fused-ring (bicyclic) bond motifs is 12. The number of thiophene rings is 2. The highest BCUT2D eigenvalue weighted by Crippen LogP contribution is 2.55. The third kappa shape index (κ3) is 12.1. The SMILES string of the molecule is CC1(C)c2ccccc2-c2ccc(-c3cccc(-c4cccc(-c5nc(-c6ccccc6-c6ccccc6)nc(-c6ccc(-c7ccc(-c8nc(-c9cccc(-c%10cccc(-c%11ccc%12c(c%11)C(C)(c%11ccccc%11)c%11ccccc%11-%12)c%10)c9)nc(-c9cccc%10c9sc9ccccc9%10)n8)c(-c8ccccc8)c7)c7c6sc6ccccc67)n5)c4)c3)cc21. The summed E-state index contributed by atoms with van der Waals surface area (Å²) in [5.74, 6) is 3.50. The first-order valence-corrected chi connectivity index (χ1v) is 42.9. The van der Waals surface area contributed by atoms with E-state index in [0.717, 1.165) is 125 Å². The minimum absolute atomic E-state index is 0.113. The molecule has 0 N–H and O–H groups in total. The number of nitrogens with zero attached hydrogens (tertiary/aromatic N) is 6. The highest BCUT2D eigenvalue weighted by atomic mass is 32.1. The van der Waals surface area contributed by atoms with E-state index in [-0.39, 0.29) is 10.8 Å². The molecule has 0 saturated heterocycles. The van der Waals surface area contributed by atoms with Crippen molar-refractivity contribution in [2.75, 3.05) is 0 Å². The van der Waals surface area contributed by atoms with E-state index in [2.05, 4.69) is 415 Å². The topological polar surface area (TPSA) is 77.3 Å². The van der Waals surface area contributed by atoms with Gasteiger partial charge in [0.15, 0.2) is 34.9 Å². The zero-order valence-electron chi connectivity index (χ0n) is 66.5. The Labute approximate surface area is 709 Å². The normalized spacial score (nSPS) is 13.7. The van der Waals surface area contributed by atoms with Gasteiger partial charge in [0.25, 0.3) is 0 Å². The molecule has 8 heteroatoms. The number of rotatable bonds is 14. The van der Waals surface area contributed by atoms with E-state index >= 15 is 0 Å². The van der Waals surface area contributed by atoms with Crippen LogP contribution >= 0.6 is 22.7 Å². The Morgan fingerprint density at radius 1 is 0.190 bits per heavy atom.